The zero-order chi connectivity index (χ0) is 18.4. The molecule has 2 rings (SSSR count). The summed E-state index contributed by atoms with van der Waals surface area (Å²) >= 11 is 0. The number of aliphatic carboxylic acids is 1. The van der Waals surface area contributed by atoms with E-state index in [4.69, 9.17) is 5.11 Å². The van der Waals surface area contributed by atoms with Gasteiger partial charge in [0.15, 0.2) is 0 Å². The zero-order valence-electron chi connectivity index (χ0n) is 14.4. The molecule has 0 aliphatic rings. The van der Waals surface area contributed by atoms with Crippen LogP contribution in [0.15, 0.2) is 24.3 Å². The Morgan fingerprint density at radius 3 is 2.48 bits per heavy atom. The van der Waals surface area contributed by atoms with Gasteiger partial charge in [0, 0.05) is 13.0 Å². The number of amides is 1. The lowest BCUT2D eigenvalue weighted by molar-refractivity contribution is -0.137. The van der Waals surface area contributed by atoms with Crippen molar-refractivity contribution in [3.63, 3.8) is 0 Å². The third-order valence-corrected chi connectivity index (χ3v) is 3.94. The van der Waals surface area contributed by atoms with Crippen molar-refractivity contribution in [1.82, 2.24) is 15.1 Å². The second-order valence-corrected chi connectivity index (χ2v) is 5.89. The summed E-state index contributed by atoms with van der Waals surface area (Å²) in [6.07, 6.45) is 2.23. The molecule has 134 valence electrons. The lowest BCUT2D eigenvalue weighted by atomic mass is 10.1. The average molecular weight is 347 g/mol. The number of halogens is 1. The quantitative estimate of drug-likeness (QED) is 0.719. The van der Waals surface area contributed by atoms with Crippen molar-refractivity contribution in [3.05, 3.63) is 47.0 Å². The van der Waals surface area contributed by atoms with E-state index in [9.17, 15) is 14.0 Å². The SMILES string of the molecule is Cc1nn(-c2ccc(F)cc2)c(C)c1C(=O)NCCCCCC(=O)O. The molecule has 0 saturated carbocycles. The maximum atomic E-state index is 13.1. The van der Waals surface area contributed by atoms with Crippen molar-refractivity contribution >= 4 is 11.9 Å². The second-order valence-electron chi connectivity index (χ2n) is 5.89. The molecule has 1 aromatic carbocycles. The Hall–Kier alpha value is -2.70. The van der Waals surface area contributed by atoms with Crippen molar-refractivity contribution in [3.8, 4) is 5.69 Å². The lowest BCUT2D eigenvalue weighted by Crippen LogP contribution is -2.25. The number of rotatable bonds is 8. The zero-order valence-corrected chi connectivity index (χ0v) is 14.4. The largest absolute Gasteiger partial charge is 0.481 e. The van der Waals surface area contributed by atoms with Gasteiger partial charge in [-0.05, 0) is 51.0 Å². The summed E-state index contributed by atoms with van der Waals surface area (Å²) in [7, 11) is 0. The summed E-state index contributed by atoms with van der Waals surface area (Å²) in [6, 6.07) is 5.92. The van der Waals surface area contributed by atoms with Gasteiger partial charge in [0.05, 0.1) is 22.6 Å². The molecule has 0 fully saturated rings. The number of unbranched alkanes of at least 4 members (excludes halogenated alkanes) is 2. The fourth-order valence-corrected chi connectivity index (χ4v) is 2.67. The van der Waals surface area contributed by atoms with Gasteiger partial charge in [-0.15, -0.1) is 0 Å². The van der Waals surface area contributed by atoms with Crippen molar-refractivity contribution in [2.45, 2.75) is 39.5 Å². The number of hydrogen-bond acceptors (Lipinski definition) is 3. The molecule has 0 saturated heterocycles. The molecular weight excluding hydrogens is 325 g/mol. The van der Waals surface area contributed by atoms with Gasteiger partial charge in [-0.1, -0.05) is 6.42 Å². The first-order valence-corrected chi connectivity index (χ1v) is 8.22. The highest BCUT2D eigenvalue weighted by atomic mass is 19.1. The fraction of sp³-hybridized carbons (Fsp3) is 0.389. The molecule has 0 unspecified atom stereocenters. The number of aromatic nitrogens is 2. The number of carboxylic acid groups (broad SMARTS) is 1. The fourth-order valence-electron chi connectivity index (χ4n) is 2.67. The van der Waals surface area contributed by atoms with Gasteiger partial charge in [0.1, 0.15) is 5.82 Å². The number of nitrogens with zero attached hydrogens (tertiary/aromatic N) is 2. The van der Waals surface area contributed by atoms with Crippen molar-refractivity contribution in [2.75, 3.05) is 6.54 Å². The summed E-state index contributed by atoms with van der Waals surface area (Å²) < 4.78 is 14.7. The van der Waals surface area contributed by atoms with Crippen LogP contribution in [0.5, 0.6) is 0 Å². The van der Waals surface area contributed by atoms with Crippen LogP contribution in [0, 0.1) is 19.7 Å². The van der Waals surface area contributed by atoms with Gasteiger partial charge in [0.2, 0.25) is 0 Å². The van der Waals surface area contributed by atoms with E-state index < -0.39 is 5.97 Å². The van der Waals surface area contributed by atoms with Crippen LogP contribution in [0.4, 0.5) is 4.39 Å². The monoisotopic (exact) mass is 347 g/mol. The number of aryl methyl sites for hydroxylation is 1. The summed E-state index contributed by atoms with van der Waals surface area (Å²) in [5.41, 5.74) is 2.49. The first-order chi connectivity index (χ1) is 11.9. The third kappa shape index (κ3) is 4.89. The normalized spacial score (nSPS) is 10.7. The summed E-state index contributed by atoms with van der Waals surface area (Å²) in [5.74, 6) is -1.34. The number of carbonyl (C=O) groups excluding carboxylic acids is 1. The van der Waals surface area contributed by atoms with E-state index in [2.05, 4.69) is 10.4 Å². The number of carbonyl (C=O) groups is 2. The number of nitrogens with one attached hydrogen (secondary N) is 1. The second kappa shape index (κ2) is 8.41. The summed E-state index contributed by atoms with van der Waals surface area (Å²) in [6.45, 7) is 4.04. The highest BCUT2D eigenvalue weighted by Crippen LogP contribution is 2.18. The Kier molecular flexibility index (Phi) is 6.27. The van der Waals surface area contributed by atoms with E-state index >= 15 is 0 Å². The van der Waals surface area contributed by atoms with Gasteiger partial charge >= 0.3 is 5.97 Å². The van der Waals surface area contributed by atoms with Crippen LogP contribution in [0.2, 0.25) is 0 Å². The maximum absolute atomic E-state index is 13.1. The van der Waals surface area contributed by atoms with Gasteiger partial charge < -0.3 is 10.4 Å². The Labute approximate surface area is 145 Å². The van der Waals surface area contributed by atoms with Crippen LogP contribution in [0.1, 0.15) is 47.4 Å². The van der Waals surface area contributed by atoms with Gasteiger partial charge in [-0.3, -0.25) is 9.59 Å². The molecule has 6 nitrogen and oxygen atoms in total. The van der Waals surface area contributed by atoms with Crippen LogP contribution in [-0.2, 0) is 4.79 Å². The molecule has 0 aliphatic carbocycles. The molecular formula is C18H22FN3O3. The summed E-state index contributed by atoms with van der Waals surface area (Å²) in [4.78, 5) is 22.8. The van der Waals surface area contributed by atoms with Crippen molar-refractivity contribution < 1.29 is 19.1 Å². The predicted octanol–water partition coefficient (Wildman–Crippen LogP) is 3.00. The lowest BCUT2D eigenvalue weighted by Gasteiger charge is -2.07. The van der Waals surface area contributed by atoms with Crippen LogP contribution in [0.3, 0.4) is 0 Å². The molecule has 7 heteroatoms. The topological polar surface area (TPSA) is 84.2 Å². The van der Waals surface area contributed by atoms with E-state index in [-0.39, 0.29) is 18.1 Å². The smallest absolute Gasteiger partial charge is 0.303 e. The summed E-state index contributed by atoms with van der Waals surface area (Å²) in [5, 5.41) is 15.8. The Balaban J connectivity index is 1.98. The van der Waals surface area contributed by atoms with E-state index in [1.165, 1.54) is 12.1 Å². The molecule has 2 N–H and O–H groups in total. The van der Waals surface area contributed by atoms with E-state index in [1.54, 1.807) is 30.7 Å². The molecule has 0 radical (unpaired) electrons. The van der Waals surface area contributed by atoms with Gasteiger partial charge in [0.25, 0.3) is 5.91 Å². The van der Waals surface area contributed by atoms with Crippen molar-refractivity contribution in [1.29, 1.82) is 0 Å². The third-order valence-electron chi connectivity index (χ3n) is 3.94. The van der Waals surface area contributed by atoms with Crippen molar-refractivity contribution in [2.24, 2.45) is 0 Å². The van der Waals surface area contributed by atoms with E-state index in [1.807, 2.05) is 0 Å². The maximum Gasteiger partial charge on any atom is 0.303 e. The average Bonchev–Trinajstić information content (AvgIpc) is 2.86. The highest BCUT2D eigenvalue weighted by molar-refractivity contribution is 5.96. The molecule has 0 atom stereocenters. The molecule has 0 bridgehead atoms. The Bertz CT molecular complexity index is 754. The first kappa shape index (κ1) is 18.6. The number of hydrogen-bond donors (Lipinski definition) is 2. The minimum atomic E-state index is -0.802. The molecule has 1 heterocycles. The molecule has 25 heavy (non-hydrogen) atoms. The first-order valence-electron chi connectivity index (χ1n) is 8.22. The van der Waals surface area contributed by atoms with E-state index in [0.29, 0.717) is 35.6 Å². The standard InChI is InChI=1S/C18H22FN3O3/c1-12-17(18(25)20-11-5-3-4-6-16(23)24)13(2)22(21-12)15-9-7-14(19)8-10-15/h7-10H,3-6,11H2,1-2H3,(H,20,25)(H,23,24). The predicted molar refractivity (Wildman–Crippen MR) is 91.4 cm³/mol. The van der Waals surface area contributed by atoms with Crippen LogP contribution < -0.4 is 5.32 Å². The Morgan fingerprint density at radius 2 is 1.84 bits per heavy atom. The minimum absolute atomic E-state index is 0.149. The molecule has 0 spiro atoms. The van der Waals surface area contributed by atoms with Crippen LogP contribution in [0.25, 0.3) is 5.69 Å². The van der Waals surface area contributed by atoms with Crippen LogP contribution in [-0.4, -0.2) is 33.3 Å². The minimum Gasteiger partial charge on any atom is -0.481 e. The molecule has 0 aliphatic heterocycles. The Morgan fingerprint density at radius 1 is 1.16 bits per heavy atom. The molecule has 2 aromatic rings. The van der Waals surface area contributed by atoms with Gasteiger partial charge in [-0.2, -0.15) is 5.10 Å². The number of carboxylic acids is 1. The van der Waals surface area contributed by atoms with Crippen LogP contribution >= 0.6 is 0 Å². The highest BCUT2D eigenvalue weighted by Gasteiger charge is 2.19. The van der Waals surface area contributed by atoms with E-state index in [0.717, 1.165) is 12.8 Å². The van der Waals surface area contributed by atoms with Gasteiger partial charge in [-0.25, -0.2) is 9.07 Å². The molecule has 1 aromatic heterocycles. The molecule has 1 amide bonds. The number of benzene rings is 1.